The summed E-state index contributed by atoms with van der Waals surface area (Å²) in [6.45, 7) is 8.54. The highest BCUT2D eigenvalue weighted by atomic mass is 16.4. The molecule has 1 aromatic carbocycles. The fourth-order valence-electron chi connectivity index (χ4n) is 5.67. The molecular weight excluding hydrogens is 534 g/mol. The van der Waals surface area contributed by atoms with Gasteiger partial charge in [0, 0.05) is 56.5 Å². The molecule has 1 unspecified atom stereocenters. The Bertz CT molecular complexity index is 1260. The Morgan fingerprint density at radius 2 is 1.74 bits per heavy atom. The van der Waals surface area contributed by atoms with Gasteiger partial charge in [-0.15, -0.1) is 0 Å². The van der Waals surface area contributed by atoms with E-state index in [-0.39, 0.29) is 29.6 Å². The van der Waals surface area contributed by atoms with E-state index in [0.717, 1.165) is 37.8 Å². The van der Waals surface area contributed by atoms with Crippen LogP contribution in [-0.2, 0) is 14.4 Å². The van der Waals surface area contributed by atoms with Crippen molar-refractivity contribution in [3.63, 3.8) is 0 Å². The Morgan fingerprint density at radius 3 is 2.36 bits per heavy atom. The van der Waals surface area contributed by atoms with E-state index in [2.05, 4.69) is 41.3 Å². The molecule has 2 heterocycles. The first kappa shape index (κ1) is 31.0. The van der Waals surface area contributed by atoms with E-state index in [4.69, 9.17) is 0 Å². The lowest BCUT2D eigenvalue weighted by molar-refractivity contribution is -0.137. The smallest absolute Gasteiger partial charge is 0.305 e. The number of pyridine rings is 1. The number of amides is 3. The maximum atomic E-state index is 13.4. The summed E-state index contributed by atoms with van der Waals surface area (Å²) in [4.78, 5) is 59.1. The Labute approximate surface area is 247 Å². The number of carbonyl (C=O) groups is 4. The van der Waals surface area contributed by atoms with Gasteiger partial charge in [-0.3, -0.25) is 24.2 Å². The highest BCUT2D eigenvalue weighted by molar-refractivity contribution is 6.01. The number of carbonyl (C=O) groups excluding carboxylic acids is 3. The third-order valence-electron chi connectivity index (χ3n) is 7.92. The van der Waals surface area contributed by atoms with Gasteiger partial charge in [0.05, 0.1) is 23.8 Å². The Balaban J connectivity index is 1.55. The van der Waals surface area contributed by atoms with Gasteiger partial charge in [-0.05, 0) is 48.1 Å². The third kappa shape index (κ3) is 8.53. The molecule has 0 radical (unpaired) electrons. The van der Waals surface area contributed by atoms with Crippen LogP contribution in [-0.4, -0.2) is 64.9 Å². The summed E-state index contributed by atoms with van der Waals surface area (Å²) < 4.78 is 0. The number of nitrogens with zero attached hydrogens (tertiary/aromatic N) is 3. The van der Waals surface area contributed by atoms with Crippen LogP contribution in [0.2, 0.25) is 0 Å². The highest BCUT2D eigenvalue weighted by Crippen LogP contribution is 2.32. The van der Waals surface area contributed by atoms with Gasteiger partial charge in [0.2, 0.25) is 11.8 Å². The molecule has 1 aliphatic heterocycles. The predicted molar refractivity (Wildman–Crippen MR) is 161 cm³/mol. The molecule has 1 saturated carbocycles. The number of aliphatic carboxylic acids is 1. The van der Waals surface area contributed by atoms with Crippen molar-refractivity contribution in [3.8, 4) is 0 Å². The number of hydrogen-bond donors (Lipinski definition) is 3. The largest absolute Gasteiger partial charge is 0.481 e. The SMILES string of the molecule is CC(C)(C)CC(=O)N1CCN(c2ccc(C(=O)NC(CC(=O)O)c3cccnc3)cc2NC(=O)C2CCCCC2)CC1. The zero-order valence-electron chi connectivity index (χ0n) is 24.9. The van der Waals surface area contributed by atoms with Crippen LogP contribution in [0.15, 0.2) is 42.7 Å². The molecule has 1 aliphatic carbocycles. The van der Waals surface area contributed by atoms with E-state index in [1.165, 1.54) is 0 Å². The van der Waals surface area contributed by atoms with Gasteiger partial charge in [-0.25, -0.2) is 0 Å². The molecule has 1 saturated heterocycles. The van der Waals surface area contributed by atoms with Crippen molar-refractivity contribution in [2.45, 2.75) is 71.8 Å². The summed E-state index contributed by atoms with van der Waals surface area (Å²) in [5, 5.41) is 15.4. The van der Waals surface area contributed by atoms with E-state index < -0.39 is 17.9 Å². The Kier molecular flexibility index (Phi) is 10.2. The van der Waals surface area contributed by atoms with Gasteiger partial charge in [-0.1, -0.05) is 46.1 Å². The molecule has 2 aromatic rings. The van der Waals surface area contributed by atoms with Crippen molar-refractivity contribution >= 4 is 35.1 Å². The lowest BCUT2D eigenvalue weighted by Gasteiger charge is -2.38. The lowest BCUT2D eigenvalue weighted by atomic mass is 9.88. The molecule has 1 atom stereocenters. The van der Waals surface area contributed by atoms with Crippen molar-refractivity contribution in [1.29, 1.82) is 0 Å². The number of hydrogen-bond acceptors (Lipinski definition) is 6. The summed E-state index contributed by atoms with van der Waals surface area (Å²) in [5.74, 6) is -1.46. The van der Waals surface area contributed by atoms with Crippen LogP contribution in [0.4, 0.5) is 11.4 Å². The summed E-state index contributed by atoms with van der Waals surface area (Å²) in [6.07, 6.45) is 8.20. The summed E-state index contributed by atoms with van der Waals surface area (Å²) >= 11 is 0. The third-order valence-corrected chi connectivity index (χ3v) is 7.92. The minimum Gasteiger partial charge on any atom is -0.481 e. The minimum absolute atomic E-state index is 0.0494. The summed E-state index contributed by atoms with van der Waals surface area (Å²) in [6, 6.07) is 7.85. The van der Waals surface area contributed by atoms with E-state index in [9.17, 15) is 24.3 Å². The van der Waals surface area contributed by atoms with Crippen LogP contribution in [0.1, 0.15) is 87.7 Å². The standard InChI is InChI=1S/C32H43N5O5/c1-32(2,3)20-28(38)37-16-14-36(15-17-37)27-12-11-23(18-26(27)35-30(41)22-8-5-4-6-9-22)31(42)34-25(19-29(39)40)24-10-7-13-33-21-24/h7,10-13,18,21-22,25H,4-6,8-9,14-17,19-20H2,1-3H3,(H,34,42)(H,35,41)(H,39,40). The molecule has 3 amide bonds. The molecule has 0 spiro atoms. The molecular formula is C32H43N5O5. The lowest BCUT2D eigenvalue weighted by Crippen LogP contribution is -2.49. The highest BCUT2D eigenvalue weighted by Gasteiger charge is 2.28. The molecule has 226 valence electrons. The molecule has 3 N–H and O–H groups in total. The fourth-order valence-corrected chi connectivity index (χ4v) is 5.67. The van der Waals surface area contributed by atoms with Crippen LogP contribution in [0, 0.1) is 11.3 Å². The molecule has 2 aliphatic rings. The number of rotatable bonds is 9. The first-order chi connectivity index (χ1) is 20.0. The number of piperazine rings is 1. The van der Waals surface area contributed by atoms with E-state index in [1.54, 1.807) is 36.7 Å². The summed E-state index contributed by atoms with van der Waals surface area (Å²) in [7, 11) is 0. The number of benzene rings is 1. The topological polar surface area (TPSA) is 132 Å². The van der Waals surface area contributed by atoms with Gasteiger partial charge in [-0.2, -0.15) is 0 Å². The quantitative estimate of drug-likeness (QED) is 0.396. The molecule has 1 aromatic heterocycles. The van der Waals surface area contributed by atoms with Crippen LogP contribution < -0.4 is 15.5 Å². The maximum Gasteiger partial charge on any atom is 0.305 e. The van der Waals surface area contributed by atoms with Crippen molar-refractivity contribution in [1.82, 2.24) is 15.2 Å². The first-order valence-electron chi connectivity index (χ1n) is 14.9. The molecule has 4 rings (SSSR count). The average molecular weight is 578 g/mol. The Hall–Kier alpha value is -3.95. The van der Waals surface area contributed by atoms with Gasteiger partial charge in [0.25, 0.3) is 5.91 Å². The van der Waals surface area contributed by atoms with Crippen molar-refractivity contribution in [2.75, 3.05) is 36.4 Å². The van der Waals surface area contributed by atoms with Crippen LogP contribution in [0.5, 0.6) is 0 Å². The molecule has 0 bridgehead atoms. The molecule has 10 nitrogen and oxygen atoms in total. The van der Waals surface area contributed by atoms with Gasteiger partial charge in [0.15, 0.2) is 0 Å². The number of nitrogens with one attached hydrogen (secondary N) is 2. The van der Waals surface area contributed by atoms with E-state index in [0.29, 0.717) is 49.4 Å². The second-order valence-corrected chi connectivity index (χ2v) is 12.6. The van der Waals surface area contributed by atoms with Crippen LogP contribution in [0.3, 0.4) is 0 Å². The number of carboxylic acids is 1. The zero-order valence-corrected chi connectivity index (χ0v) is 24.9. The van der Waals surface area contributed by atoms with Gasteiger partial charge in [0.1, 0.15) is 0 Å². The van der Waals surface area contributed by atoms with Gasteiger partial charge < -0.3 is 25.5 Å². The number of anilines is 2. The van der Waals surface area contributed by atoms with Crippen molar-refractivity contribution in [2.24, 2.45) is 11.3 Å². The number of carboxylic acid groups (broad SMARTS) is 1. The summed E-state index contributed by atoms with van der Waals surface area (Å²) in [5.41, 5.74) is 2.17. The van der Waals surface area contributed by atoms with Crippen LogP contribution >= 0.6 is 0 Å². The molecule has 2 fully saturated rings. The molecule has 10 heteroatoms. The normalized spacial score (nSPS) is 16.9. The monoisotopic (exact) mass is 577 g/mol. The van der Waals surface area contributed by atoms with Crippen LogP contribution in [0.25, 0.3) is 0 Å². The van der Waals surface area contributed by atoms with E-state index >= 15 is 0 Å². The van der Waals surface area contributed by atoms with Crippen molar-refractivity contribution in [3.05, 3.63) is 53.9 Å². The zero-order chi connectivity index (χ0) is 30.3. The fraction of sp³-hybridized carbons (Fsp3) is 0.531. The minimum atomic E-state index is -1.04. The predicted octanol–water partition coefficient (Wildman–Crippen LogP) is 4.63. The van der Waals surface area contributed by atoms with E-state index in [1.807, 2.05) is 11.0 Å². The maximum absolute atomic E-state index is 13.4. The van der Waals surface area contributed by atoms with Gasteiger partial charge >= 0.3 is 5.97 Å². The second-order valence-electron chi connectivity index (χ2n) is 12.6. The molecule has 42 heavy (non-hydrogen) atoms. The second kappa shape index (κ2) is 13.8. The Morgan fingerprint density at radius 1 is 1.02 bits per heavy atom. The van der Waals surface area contributed by atoms with Crippen molar-refractivity contribution < 1.29 is 24.3 Å². The average Bonchev–Trinajstić information content (AvgIpc) is 2.96. The number of aromatic nitrogens is 1. The first-order valence-corrected chi connectivity index (χ1v) is 14.9.